The Hall–Kier alpha value is -2.14. The van der Waals surface area contributed by atoms with E-state index in [0.29, 0.717) is 6.79 Å². The number of thioether (sulfide) groups is 1. The van der Waals surface area contributed by atoms with E-state index in [0.717, 1.165) is 22.1 Å². The van der Waals surface area contributed by atoms with Crippen LogP contribution >= 0.6 is 11.8 Å². The fraction of sp³-hybridized carbons (Fsp3) is 0.235. The average Bonchev–Trinajstić information content (AvgIpc) is 3.03. The summed E-state index contributed by atoms with van der Waals surface area (Å²) in [6, 6.07) is 14.4. The van der Waals surface area contributed by atoms with Gasteiger partial charge in [-0.1, -0.05) is 24.3 Å². The van der Waals surface area contributed by atoms with Gasteiger partial charge in [0.25, 0.3) is 0 Å². The van der Waals surface area contributed by atoms with Gasteiger partial charge in [-0.2, -0.15) is 0 Å². The third-order valence-electron chi connectivity index (χ3n) is 4.01. The van der Waals surface area contributed by atoms with Crippen molar-refractivity contribution in [2.24, 2.45) is 4.99 Å². The fourth-order valence-corrected chi connectivity index (χ4v) is 3.49. The summed E-state index contributed by atoms with van der Waals surface area (Å²) in [5, 5.41) is 1.07. The summed E-state index contributed by atoms with van der Waals surface area (Å²) in [6.07, 6.45) is 2.02. The number of anilines is 1. The number of ether oxygens (including phenoxy) is 2. The standard InChI is InChI=1S/C17H16N2O2S/c1-19-13-6-4-3-5-12(13)17(22-2)18-16(19)11-7-8-14-15(9-11)21-10-20-14/h3-9,16H,10H2,1-2H3. The van der Waals surface area contributed by atoms with Crippen LogP contribution in [0.5, 0.6) is 11.5 Å². The summed E-state index contributed by atoms with van der Waals surface area (Å²) in [7, 11) is 2.08. The molecule has 1 unspecified atom stereocenters. The minimum absolute atomic E-state index is 0.0492. The van der Waals surface area contributed by atoms with Crippen molar-refractivity contribution in [1.82, 2.24) is 0 Å². The summed E-state index contributed by atoms with van der Waals surface area (Å²) >= 11 is 1.68. The summed E-state index contributed by atoms with van der Waals surface area (Å²) in [6.45, 7) is 0.293. The highest BCUT2D eigenvalue weighted by atomic mass is 32.2. The first-order valence-corrected chi connectivity index (χ1v) is 8.34. The van der Waals surface area contributed by atoms with Gasteiger partial charge in [-0.3, -0.25) is 0 Å². The first kappa shape index (κ1) is 13.5. The normalized spacial score (nSPS) is 18.9. The third-order valence-corrected chi connectivity index (χ3v) is 4.72. The van der Waals surface area contributed by atoms with E-state index in [-0.39, 0.29) is 6.17 Å². The highest BCUT2D eigenvalue weighted by molar-refractivity contribution is 8.13. The molecule has 4 rings (SSSR count). The molecule has 2 aromatic carbocycles. The minimum atomic E-state index is -0.0492. The van der Waals surface area contributed by atoms with E-state index >= 15 is 0 Å². The smallest absolute Gasteiger partial charge is 0.231 e. The van der Waals surface area contributed by atoms with Crippen LogP contribution in [0.15, 0.2) is 47.5 Å². The molecule has 4 nitrogen and oxygen atoms in total. The van der Waals surface area contributed by atoms with Crippen molar-refractivity contribution >= 4 is 22.5 Å². The maximum atomic E-state index is 5.49. The number of hydrogen-bond acceptors (Lipinski definition) is 5. The SMILES string of the molecule is CSC1=NC(c2ccc3c(c2)OCO3)N(C)c2ccccc21. The first-order valence-electron chi connectivity index (χ1n) is 7.11. The predicted octanol–water partition coefficient (Wildman–Crippen LogP) is 3.67. The number of para-hydroxylation sites is 1. The minimum Gasteiger partial charge on any atom is -0.454 e. The van der Waals surface area contributed by atoms with Crippen LogP contribution in [0.3, 0.4) is 0 Å². The highest BCUT2D eigenvalue weighted by Gasteiger charge is 2.27. The molecule has 5 heteroatoms. The topological polar surface area (TPSA) is 34.1 Å². The Bertz CT molecular complexity index is 760. The Morgan fingerprint density at radius 3 is 2.82 bits per heavy atom. The van der Waals surface area contributed by atoms with Gasteiger partial charge in [0.05, 0.1) is 0 Å². The largest absolute Gasteiger partial charge is 0.454 e. The van der Waals surface area contributed by atoms with Gasteiger partial charge >= 0.3 is 0 Å². The summed E-state index contributed by atoms with van der Waals surface area (Å²) in [5.41, 5.74) is 3.49. The molecule has 0 radical (unpaired) electrons. The van der Waals surface area contributed by atoms with Gasteiger partial charge in [-0.15, -0.1) is 11.8 Å². The Morgan fingerprint density at radius 2 is 1.95 bits per heavy atom. The van der Waals surface area contributed by atoms with Gasteiger partial charge in [-0.25, -0.2) is 4.99 Å². The number of hydrogen-bond donors (Lipinski definition) is 0. The molecule has 0 saturated carbocycles. The van der Waals surface area contributed by atoms with E-state index in [2.05, 4.69) is 48.5 Å². The molecule has 0 aromatic heterocycles. The second-order valence-electron chi connectivity index (χ2n) is 5.25. The second kappa shape index (κ2) is 5.25. The van der Waals surface area contributed by atoms with Gasteiger partial charge in [0.1, 0.15) is 11.2 Å². The number of fused-ring (bicyclic) bond motifs is 2. The molecule has 112 valence electrons. The predicted molar refractivity (Wildman–Crippen MR) is 90.2 cm³/mol. The number of nitrogens with zero attached hydrogens (tertiary/aromatic N) is 2. The molecule has 2 aromatic rings. The van der Waals surface area contributed by atoms with Gasteiger partial charge in [0.2, 0.25) is 6.79 Å². The summed E-state index contributed by atoms with van der Waals surface area (Å²) in [5.74, 6) is 1.60. The lowest BCUT2D eigenvalue weighted by atomic mass is 10.1. The molecule has 0 N–H and O–H groups in total. The zero-order valence-corrected chi connectivity index (χ0v) is 13.3. The molecule has 22 heavy (non-hydrogen) atoms. The van der Waals surface area contributed by atoms with Crippen LogP contribution in [-0.2, 0) is 0 Å². The lowest BCUT2D eigenvalue weighted by molar-refractivity contribution is 0.174. The maximum Gasteiger partial charge on any atom is 0.231 e. The third kappa shape index (κ3) is 2.04. The van der Waals surface area contributed by atoms with Crippen molar-refractivity contribution in [3.63, 3.8) is 0 Å². The van der Waals surface area contributed by atoms with Crippen molar-refractivity contribution in [2.45, 2.75) is 6.17 Å². The second-order valence-corrected chi connectivity index (χ2v) is 6.05. The van der Waals surface area contributed by atoms with Crippen molar-refractivity contribution in [2.75, 3.05) is 25.0 Å². The van der Waals surface area contributed by atoms with Crippen LogP contribution in [-0.4, -0.2) is 25.1 Å². The van der Waals surface area contributed by atoms with Crippen molar-refractivity contribution < 1.29 is 9.47 Å². The van der Waals surface area contributed by atoms with Crippen LogP contribution in [0, 0.1) is 0 Å². The molecule has 0 fully saturated rings. The fourth-order valence-electron chi connectivity index (χ4n) is 2.90. The van der Waals surface area contributed by atoms with Crippen LogP contribution in [0.1, 0.15) is 17.3 Å². The van der Waals surface area contributed by atoms with E-state index in [1.165, 1.54) is 11.3 Å². The molecule has 1 atom stereocenters. The molecular formula is C17H16N2O2S. The molecule has 0 spiro atoms. The van der Waals surface area contributed by atoms with Crippen molar-refractivity contribution in [1.29, 1.82) is 0 Å². The Balaban J connectivity index is 1.79. The number of benzene rings is 2. The van der Waals surface area contributed by atoms with E-state index in [1.807, 2.05) is 12.1 Å². The van der Waals surface area contributed by atoms with Crippen LogP contribution < -0.4 is 14.4 Å². The quantitative estimate of drug-likeness (QED) is 0.804. The Labute approximate surface area is 133 Å². The number of aliphatic imine (C=N–C) groups is 1. The molecular weight excluding hydrogens is 296 g/mol. The average molecular weight is 312 g/mol. The van der Waals surface area contributed by atoms with E-state index in [9.17, 15) is 0 Å². The van der Waals surface area contributed by atoms with E-state index in [4.69, 9.17) is 14.5 Å². The zero-order valence-electron chi connectivity index (χ0n) is 12.4. The van der Waals surface area contributed by atoms with E-state index < -0.39 is 0 Å². The van der Waals surface area contributed by atoms with Gasteiger partial charge in [0.15, 0.2) is 11.5 Å². The molecule has 0 amide bonds. The van der Waals surface area contributed by atoms with Crippen LogP contribution in [0.25, 0.3) is 0 Å². The van der Waals surface area contributed by atoms with Crippen LogP contribution in [0.2, 0.25) is 0 Å². The van der Waals surface area contributed by atoms with Gasteiger partial charge in [0, 0.05) is 23.9 Å². The lowest BCUT2D eigenvalue weighted by Crippen LogP contribution is -2.28. The summed E-state index contributed by atoms with van der Waals surface area (Å²) in [4.78, 5) is 7.13. The molecule has 2 heterocycles. The monoisotopic (exact) mass is 312 g/mol. The lowest BCUT2D eigenvalue weighted by Gasteiger charge is -2.33. The van der Waals surface area contributed by atoms with Gasteiger partial charge in [-0.05, 0) is 24.5 Å². The maximum absolute atomic E-state index is 5.49. The molecule has 0 aliphatic carbocycles. The Kier molecular flexibility index (Phi) is 3.22. The first-order chi connectivity index (χ1) is 10.8. The van der Waals surface area contributed by atoms with Crippen LogP contribution in [0.4, 0.5) is 5.69 Å². The highest BCUT2D eigenvalue weighted by Crippen LogP contribution is 2.40. The molecule has 2 aliphatic heterocycles. The zero-order chi connectivity index (χ0) is 15.1. The van der Waals surface area contributed by atoms with Crippen molar-refractivity contribution in [3.8, 4) is 11.5 Å². The molecule has 0 bridgehead atoms. The number of rotatable bonds is 1. The van der Waals surface area contributed by atoms with Gasteiger partial charge < -0.3 is 14.4 Å². The van der Waals surface area contributed by atoms with E-state index in [1.54, 1.807) is 11.8 Å². The summed E-state index contributed by atoms with van der Waals surface area (Å²) < 4.78 is 10.9. The molecule has 0 saturated heterocycles. The Morgan fingerprint density at radius 1 is 1.14 bits per heavy atom. The molecule has 2 aliphatic rings. The van der Waals surface area contributed by atoms with Crippen molar-refractivity contribution in [3.05, 3.63) is 53.6 Å².